The Morgan fingerprint density at radius 3 is 1.00 bits per heavy atom. The molecule has 0 radical (unpaired) electrons. The Labute approximate surface area is 723 Å². The Hall–Kier alpha value is -3.31. The number of carbonyl (C=O) groups excluding carboxylic acids is 4. The summed E-state index contributed by atoms with van der Waals surface area (Å²) in [5.41, 5.74) is 0. The number of rotatable bonds is 78. The Kier molecular flexibility index (Phi) is 67.2. The molecule has 10 N–H and O–H groups in total. The van der Waals surface area contributed by atoms with Gasteiger partial charge in [0.25, 0.3) is 0 Å². The lowest BCUT2D eigenvalue weighted by atomic mass is 9.84. The number of ether oxygens (including phenoxy) is 8. The van der Waals surface area contributed by atoms with Crippen molar-refractivity contribution < 1.29 is 122 Å². The molecule has 0 aromatic carbocycles. The van der Waals surface area contributed by atoms with Gasteiger partial charge in [-0.25, -0.2) is 4.57 Å². The summed E-state index contributed by atoms with van der Waals surface area (Å²) in [6.07, 6.45) is 35.4. The first-order valence-electron chi connectivity index (χ1n) is 48.2. The van der Waals surface area contributed by atoms with Crippen LogP contribution in [-0.2, 0) is 70.7 Å². The Morgan fingerprint density at radius 2 is 0.625 bits per heavy atom. The molecule has 702 valence electrons. The van der Waals surface area contributed by atoms with Crippen LogP contribution in [-0.4, -0.2) is 205 Å². The maximum absolute atomic E-state index is 14.9. The van der Waals surface area contributed by atoms with Crippen LogP contribution in [0.1, 0.15) is 407 Å². The van der Waals surface area contributed by atoms with Gasteiger partial charge in [0.15, 0.2) is 24.8 Å². The number of unbranched alkanes of at least 4 members (excludes halogenated alkanes) is 48. The van der Waals surface area contributed by atoms with Crippen LogP contribution < -0.4 is 0 Å². The maximum atomic E-state index is 14.9. The molecule has 1 aliphatic carbocycles. The predicted octanol–water partition coefficient (Wildman–Crippen LogP) is 18.3. The number of allylic oxidation sites excluding steroid dienone is 6. The van der Waals surface area contributed by atoms with Crippen LogP contribution in [0.5, 0.6) is 0 Å². The van der Waals surface area contributed by atoms with E-state index in [9.17, 15) is 74.6 Å². The summed E-state index contributed by atoms with van der Waals surface area (Å²) in [7, 11) is -5.81. The molecule has 0 spiro atoms. The van der Waals surface area contributed by atoms with E-state index in [2.05, 4.69) is 64.2 Å². The molecule has 1 saturated carbocycles. The standard InChI is InChI=1S/C94H171O25P/c1-5-9-13-17-21-25-29-33-37-41-45-48-52-56-60-64-68-79(98)113-74(71-110-77(96)66-62-58-54-50-46-42-38-34-30-26-22-18-14-10-6-2)72-112-120(108,109)119-92-90(117-93-87(106)83(102)81(100)75(70-95)114-93)86(105)85(104)89(116-80(99)69-65-61-57-53-49-44-40-36-32-28-24-20-16-12-8-4)91(92)118-94-88(107)84(103)82(101)76(115-94)73-111-78(97)67-63-59-55-51-47-43-39-35-31-27-23-19-15-11-7-3/h26-28,30-32,74-76,81-95,100-107H,5-25,29,33-73H2,1-4H3,(H,108,109)/b30-26-,31-27-,32-28-. The van der Waals surface area contributed by atoms with Gasteiger partial charge in [-0.05, 0) is 103 Å². The predicted molar refractivity (Wildman–Crippen MR) is 467 cm³/mol. The van der Waals surface area contributed by atoms with E-state index in [1.165, 1.54) is 141 Å². The summed E-state index contributed by atoms with van der Waals surface area (Å²) >= 11 is 0. The number of hydrogen-bond acceptors (Lipinski definition) is 24. The molecule has 2 heterocycles. The van der Waals surface area contributed by atoms with Crippen molar-refractivity contribution >= 4 is 31.7 Å². The largest absolute Gasteiger partial charge is 0.472 e. The second-order valence-corrected chi connectivity index (χ2v) is 35.6. The molecule has 2 saturated heterocycles. The zero-order valence-electron chi connectivity index (χ0n) is 74.9. The highest BCUT2D eigenvalue weighted by Gasteiger charge is 2.60. The van der Waals surface area contributed by atoms with E-state index in [4.69, 9.17) is 46.9 Å². The minimum atomic E-state index is -5.81. The molecular weight excluding hydrogens is 1560 g/mol. The molecule has 2 aliphatic heterocycles. The molecule has 3 fully saturated rings. The maximum Gasteiger partial charge on any atom is 0.472 e. The van der Waals surface area contributed by atoms with Gasteiger partial charge < -0.3 is 88.7 Å². The van der Waals surface area contributed by atoms with Crippen molar-refractivity contribution in [3.05, 3.63) is 36.5 Å². The number of phosphoric ester groups is 1. The van der Waals surface area contributed by atoms with Crippen LogP contribution in [0.15, 0.2) is 36.5 Å². The zero-order valence-corrected chi connectivity index (χ0v) is 75.8. The molecule has 3 rings (SSSR count). The lowest BCUT2D eigenvalue weighted by Crippen LogP contribution is -2.70. The van der Waals surface area contributed by atoms with Crippen LogP contribution in [0, 0.1) is 0 Å². The first-order valence-corrected chi connectivity index (χ1v) is 49.7. The fourth-order valence-corrected chi connectivity index (χ4v) is 16.6. The molecule has 26 heteroatoms. The quantitative estimate of drug-likeness (QED) is 0.00889. The summed E-state index contributed by atoms with van der Waals surface area (Å²) in [6, 6.07) is 0. The Morgan fingerprint density at radius 1 is 0.325 bits per heavy atom. The van der Waals surface area contributed by atoms with E-state index < -0.39 is 162 Å². The van der Waals surface area contributed by atoms with Gasteiger partial charge in [0, 0.05) is 25.7 Å². The van der Waals surface area contributed by atoms with Crippen molar-refractivity contribution in [2.24, 2.45) is 0 Å². The van der Waals surface area contributed by atoms with Crippen molar-refractivity contribution in [2.75, 3.05) is 26.4 Å². The molecule has 0 aromatic rings. The molecule has 18 atom stereocenters. The third kappa shape index (κ3) is 52.1. The topological polar surface area (TPSA) is 380 Å². The summed E-state index contributed by atoms with van der Waals surface area (Å²) in [4.78, 5) is 66.6. The summed E-state index contributed by atoms with van der Waals surface area (Å²) in [5.74, 6) is -2.97. The smallest absolute Gasteiger partial charge is 0.463 e. The third-order valence-corrected chi connectivity index (χ3v) is 24.3. The molecule has 0 amide bonds. The van der Waals surface area contributed by atoms with Gasteiger partial charge in [-0.3, -0.25) is 28.2 Å². The van der Waals surface area contributed by atoms with Crippen molar-refractivity contribution in [1.82, 2.24) is 0 Å². The molecule has 0 bridgehead atoms. The van der Waals surface area contributed by atoms with E-state index in [0.717, 1.165) is 180 Å². The minimum absolute atomic E-state index is 0.00805. The number of esters is 4. The van der Waals surface area contributed by atoms with Crippen LogP contribution in [0.25, 0.3) is 0 Å². The fourth-order valence-electron chi connectivity index (χ4n) is 15.7. The lowest BCUT2D eigenvalue weighted by Gasteiger charge is -2.50. The summed E-state index contributed by atoms with van der Waals surface area (Å²) in [6.45, 7) is 5.57. The second kappa shape index (κ2) is 72.7. The van der Waals surface area contributed by atoms with E-state index >= 15 is 0 Å². The van der Waals surface area contributed by atoms with Crippen molar-refractivity contribution in [3.63, 3.8) is 0 Å². The van der Waals surface area contributed by atoms with Gasteiger partial charge >= 0.3 is 31.7 Å². The molecule has 25 nitrogen and oxygen atoms in total. The van der Waals surface area contributed by atoms with Crippen LogP contribution in [0.2, 0.25) is 0 Å². The molecular formula is C94H171O25P. The Bertz CT molecular complexity index is 2630. The van der Waals surface area contributed by atoms with Crippen molar-refractivity contribution in [2.45, 2.75) is 511 Å². The van der Waals surface area contributed by atoms with Gasteiger partial charge in [-0.15, -0.1) is 0 Å². The van der Waals surface area contributed by atoms with Gasteiger partial charge in [0.05, 0.1) is 13.2 Å². The first-order chi connectivity index (χ1) is 58.2. The normalized spacial score (nSPS) is 24.9. The summed E-state index contributed by atoms with van der Waals surface area (Å²) in [5, 5.41) is 102. The van der Waals surface area contributed by atoms with Crippen LogP contribution >= 0.6 is 7.82 Å². The lowest BCUT2D eigenvalue weighted by molar-refractivity contribution is -0.360. The van der Waals surface area contributed by atoms with E-state index in [-0.39, 0.29) is 25.7 Å². The number of phosphoric acid groups is 1. The second-order valence-electron chi connectivity index (χ2n) is 34.2. The average Bonchev–Trinajstić information content (AvgIpc) is 0.754. The third-order valence-electron chi connectivity index (χ3n) is 23.3. The van der Waals surface area contributed by atoms with Crippen molar-refractivity contribution in [3.8, 4) is 0 Å². The van der Waals surface area contributed by atoms with Crippen molar-refractivity contribution in [1.29, 1.82) is 0 Å². The Balaban J connectivity index is 1.91. The van der Waals surface area contributed by atoms with E-state index in [1.54, 1.807) is 0 Å². The average molecular weight is 1730 g/mol. The highest BCUT2D eigenvalue weighted by molar-refractivity contribution is 7.47. The SMILES string of the molecule is CCCCCC/C=C\CCCCCCCCCC(=O)OCC(COP(=O)(O)OC1C(OC2OC(CO)C(O)C(O)C2O)C(O)C(O)C(OC(=O)CCCCCCCCC/C=C\CCCCCC)C1OC1OC(COC(=O)CCCCCCCCC/C=C\CCCCCC)C(O)C(O)C1O)OC(=O)CCCCCCCCCCCCCCCCCC. The first kappa shape index (κ1) is 111. The molecule has 3 aliphatic rings. The molecule has 120 heavy (non-hydrogen) atoms. The minimum Gasteiger partial charge on any atom is -0.463 e. The van der Waals surface area contributed by atoms with Gasteiger partial charge in [0.1, 0.15) is 92.6 Å². The summed E-state index contributed by atoms with van der Waals surface area (Å²) < 4.78 is 73.5. The van der Waals surface area contributed by atoms with Gasteiger partial charge in [-0.2, -0.15) is 0 Å². The van der Waals surface area contributed by atoms with Crippen LogP contribution in [0.4, 0.5) is 0 Å². The highest BCUT2D eigenvalue weighted by Crippen LogP contribution is 2.49. The highest BCUT2D eigenvalue weighted by atomic mass is 31.2. The zero-order chi connectivity index (χ0) is 87.5. The van der Waals surface area contributed by atoms with E-state index in [1.807, 2.05) is 0 Å². The van der Waals surface area contributed by atoms with E-state index in [0.29, 0.717) is 32.1 Å². The number of hydrogen-bond donors (Lipinski definition) is 10. The fraction of sp³-hybridized carbons (Fsp3) is 0.894. The van der Waals surface area contributed by atoms with Gasteiger partial charge in [-0.1, -0.05) is 315 Å². The van der Waals surface area contributed by atoms with Gasteiger partial charge in [0.2, 0.25) is 0 Å². The monoisotopic (exact) mass is 1730 g/mol. The number of aliphatic hydroxyl groups excluding tert-OH is 9. The number of carbonyl (C=O) groups is 4. The molecule has 0 aromatic heterocycles. The number of aliphatic hydroxyl groups is 9. The molecule has 18 unspecified atom stereocenters. The van der Waals surface area contributed by atoms with Crippen LogP contribution in [0.3, 0.4) is 0 Å².